The van der Waals surface area contributed by atoms with Gasteiger partial charge in [-0.3, -0.25) is 4.79 Å². The first kappa shape index (κ1) is 14.3. The molecule has 106 valence electrons. The number of amides is 1. The van der Waals surface area contributed by atoms with Gasteiger partial charge in [-0.15, -0.1) is 0 Å². The molecule has 0 aliphatic heterocycles. The molecule has 1 aromatic carbocycles. The van der Waals surface area contributed by atoms with Crippen molar-refractivity contribution in [2.45, 2.75) is 38.6 Å². The van der Waals surface area contributed by atoms with Gasteiger partial charge in [0.2, 0.25) is 5.91 Å². The Morgan fingerprint density at radius 3 is 2.60 bits per heavy atom. The van der Waals surface area contributed by atoms with Gasteiger partial charge in [0.05, 0.1) is 6.04 Å². The Morgan fingerprint density at radius 2 is 1.90 bits per heavy atom. The smallest absolute Gasteiger partial charge is 0.328 e. The lowest BCUT2D eigenvalue weighted by Gasteiger charge is -2.19. The van der Waals surface area contributed by atoms with Crippen molar-refractivity contribution in [3.05, 3.63) is 47.0 Å². The van der Waals surface area contributed by atoms with Gasteiger partial charge in [0.25, 0.3) is 0 Å². The number of nitrogens with one attached hydrogen (secondary N) is 1. The van der Waals surface area contributed by atoms with E-state index < -0.39 is 11.9 Å². The Labute approximate surface area is 118 Å². The molecule has 2 N–H and O–H groups in total. The Bertz CT molecular complexity index is 549. The van der Waals surface area contributed by atoms with Gasteiger partial charge in [-0.25, -0.2) is 4.79 Å². The van der Waals surface area contributed by atoms with Gasteiger partial charge in [-0.05, 0) is 49.3 Å². The zero-order valence-electron chi connectivity index (χ0n) is 11.6. The van der Waals surface area contributed by atoms with E-state index in [1.165, 1.54) is 24.0 Å². The maximum atomic E-state index is 11.6. The summed E-state index contributed by atoms with van der Waals surface area (Å²) in [7, 11) is 0. The van der Waals surface area contributed by atoms with E-state index in [0.717, 1.165) is 30.6 Å². The van der Waals surface area contributed by atoms with Crippen LogP contribution < -0.4 is 5.32 Å². The molecule has 0 spiro atoms. The highest BCUT2D eigenvalue weighted by molar-refractivity contribution is 5.94. The van der Waals surface area contributed by atoms with Crippen molar-refractivity contribution < 1.29 is 14.7 Å². The second-order valence-electron chi connectivity index (χ2n) is 5.14. The number of hydrogen-bond donors (Lipinski definition) is 2. The summed E-state index contributed by atoms with van der Waals surface area (Å²) in [5, 5.41) is 11.2. The molecular formula is C16H19NO3. The highest BCUT2D eigenvalue weighted by Crippen LogP contribution is 2.24. The van der Waals surface area contributed by atoms with Crippen molar-refractivity contribution in [3.8, 4) is 0 Å². The standard InChI is InChI=1S/C16H19NO3/c1-11(17-15(18)8-9-16(19)20)13-7-6-12-4-2-3-5-14(12)10-13/h6-11H,2-5H2,1H3,(H,17,18)(H,19,20)/b9-8+. The topological polar surface area (TPSA) is 66.4 Å². The van der Waals surface area contributed by atoms with Crippen molar-refractivity contribution in [2.24, 2.45) is 0 Å². The summed E-state index contributed by atoms with van der Waals surface area (Å²) >= 11 is 0. The number of hydrogen-bond acceptors (Lipinski definition) is 2. The number of fused-ring (bicyclic) bond motifs is 1. The average Bonchev–Trinajstić information content (AvgIpc) is 2.44. The van der Waals surface area contributed by atoms with Gasteiger partial charge in [0.15, 0.2) is 0 Å². The number of aryl methyl sites for hydroxylation is 2. The number of carboxylic acid groups (broad SMARTS) is 1. The van der Waals surface area contributed by atoms with Gasteiger partial charge in [-0.1, -0.05) is 18.2 Å². The fourth-order valence-corrected chi connectivity index (χ4v) is 2.51. The fraction of sp³-hybridized carbons (Fsp3) is 0.375. The van der Waals surface area contributed by atoms with E-state index in [0.29, 0.717) is 0 Å². The van der Waals surface area contributed by atoms with Crippen molar-refractivity contribution in [1.29, 1.82) is 0 Å². The minimum absolute atomic E-state index is 0.131. The summed E-state index contributed by atoms with van der Waals surface area (Å²) in [4.78, 5) is 21.9. The quantitative estimate of drug-likeness (QED) is 0.828. The number of benzene rings is 1. The average molecular weight is 273 g/mol. The lowest BCUT2D eigenvalue weighted by molar-refractivity contribution is -0.131. The monoisotopic (exact) mass is 273 g/mol. The zero-order chi connectivity index (χ0) is 14.5. The van der Waals surface area contributed by atoms with Crippen molar-refractivity contribution in [3.63, 3.8) is 0 Å². The second kappa shape index (κ2) is 6.37. The second-order valence-corrected chi connectivity index (χ2v) is 5.14. The number of carbonyl (C=O) groups is 2. The van der Waals surface area contributed by atoms with Crippen molar-refractivity contribution in [1.82, 2.24) is 5.32 Å². The van der Waals surface area contributed by atoms with E-state index in [1.807, 2.05) is 13.0 Å². The normalized spacial score (nSPS) is 15.7. The first-order chi connectivity index (χ1) is 9.56. The Kier molecular flexibility index (Phi) is 4.56. The molecule has 0 bridgehead atoms. The maximum Gasteiger partial charge on any atom is 0.328 e. The summed E-state index contributed by atoms with van der Waals surface area (Å²) in [6.45, 7) is 1.90. The molecule has 2 rings (SSSR count). The van der Waals surface area contributed by atoms with Crippen LogP contribution in [-0.2, 0) is 22.4 Å². The number of carboxylic acids is 1. The highest BCUT2D eigenvalue weighted by atomic mass is 16.4. The number of rotatable bonds is 4. The molecule has 4 nitrogen and oxygen atoms in total. The third-order valence-corrected chi connectivity index (χ3v) is 3.61. The third-order valence-electron chi connectivity index (χ3n) is 3.61. The predicted octanol–water partition coefficient (Wildman–Crippen LogP) is 2.38. The van der Waals surface area contributed by atoms with Gasteiger partial charge in [0.1, 0.15) is 0 Å². The van der Waals surface area contributed by atoms with E-state index >= 15 is 0 Å². The molecule has 1 aliphatic carbocycles. The molecule has 1 aliphatic rings. The first-order valence-corrected chi connectivity index (χ1v) is 6.89. The molecule has 0 heterocycles. The predicted molar refractivity (Wildman–Crippen MR) is 76.4 cm³/mol. The summed E-state index contributed by atoms with van der Waals surface area (Å²) in [5.41, 5.74) is 3.84. The molecule has 1 aromatic rings. The molecule has 4 heteroatoms. The highest BCUT2D eigenvalue weighted by Gasteiger charge is 2.13. The summed E-state index contributed by atoms with van der Waals surface area (Å²) < 4.78 is 0. The molecule has 20 heavy (non-hydrogen) atoms. The van der Waals surface area contributed by atoms with Crippen molar-refractivity contribution >= 4 is 11.9 Å². The molecule has 1 amide bonds. The van der Waals surface area contributed by atoms with E-state index in [2.05, 4.69) is 17.4 Å². The van der Waals surface area contributed by atoms with Crippen LogP contribution in [0.1, 0.15) is 42.5 Å². The molecular weight excluding hydrogens is 254 g/mol. The van der Waals surface area contributed by atoms with Gasteiger partial charge in [0, 0.05) is 12.2 Å². The first-order valence-electron chi connectivity index (χ1n) is 6.89. The molecule has 0 radical (unpaired) electrons. The Balaban J connectivity index is 2.04. The third kappa shape index (κ3) is 3.70. The Morgan fingerprint density at radius 1 is 1.20 bits per heavy atom. The lowest BCUT2D eigenvalue weighted by atomic mass is 9.89. The summed E-state index contributed by atoms with van der Waals surface area (Å²) in [5.74, 6) is -1.51. The summed E-state index contributed by atoms with van der Waals surface area (Å²) in [6, 6.07) is 6.20. The fourth-order valence-electron chi connectivity index (χ4n) is 2.51. The molecule has 0 saturated carbocycles. The van der Waals surface area contributed by atoms with Crippen LogP contribution in [0, 0.1) is 0 Å². The summed E-state index contributed by atoms with van der Waals surface area (Å²) in [6.07, 6.45) is 6.59. The van der Waals surface area contributed by atoms with Gasteiger partial charge < -0.3 is 10.4 Å². The maximum absolute atomic E-state index is 11.6. The molecule has 1 atom stereocenters. The minimum Gasteiger partial charge on any atom is -0.478 e. The van der Waals surface area contributed by atoms with Crippen LogP contribution in [0.5, 0.6) is 0 Å². The van der Waals surface area contributed by atoms with E-state index in [1.54, 1.807) is 0 Å². The minimum atomic E-state index is -1.12. The van der Waals surface area contributed by atoms with Crippen LogP contribution in [0.2, 0.25) is 0 Å². The molecule has 1 unspecified atom stereocenters. The molecule has 0 aromatic heterocycles. The van der Waals surface area contributed by atoms with E-state index in [9.17, 15) is 9.59 Å². The van der Waals surface area contributed by atoms with Crippen LogP contribution in [0.4, 0.5) is 0 Å². The van der Waals surface area contributed by atoms with Crippen LogP contribution in [0.15, 0.2) is 30.4 Å². The largest absolute Gasteiger partial charge is 0.478 e. The SMILES string of the molecule is CC(NC(=O)/C=C/C(=O)O)c1ccc2c(c1)CCCC2. The van der Waals surface area contributed by atoms with Crippen LogP contribution in [-0.4, -0.2) is 17.0 Å². The van der Waals surface area contributed by atoms with Crippen LogP contribution in [0.25, 0.3) is 0 Å². The van der Waals surface area contributed by atoms with Gasteiger partial charge in [-0.2, -0.15) is 0 Å². The van der Waals surface area contributed by atoms with Crippen LogP contribution in [0.3, 0.4) is 0 Å². The molecule has 0 fully saturated rings. The molecule has 0 saturated heterocycles. The lowest BCUT2D eigenvalue weighted by Crippen LogP contribution is -2.25. The van der Waals surface area contributed by atoms with E-state index in [-0.39, 0.29) is 6.04 Å². The van der Waals surface area contributed by atoms with E-state index in [4.69, 9.17) is 5.11 Å². The number of carbonyl (C=O) groups excluding carboxylic acids is 1. The number of aliphatic carboxylic acids is 1. The Hall–Kier alpha value is -2.10. The zero-order valence-corrected chi connectivity index (χ0v) is 11.6. The van der Waals surface area contributed by atoms with Crippen molar-refractivity contribution in [2.75, 3.05) is 0 Å². The van der Waals surface area contributed by atoms with Gasteiger partial charge >= 0.3 is 5.97 Å². The van der Waals surface area contributed by atoms with Crippen LogP contribution >= 0.6 is 0 Å².